The van der Waals surface area contributed by atoms with Gasteiger partial charge in [-0.1, -0.05) is 6.92 Å². The van der Waals surface area contributed by atoms with E-state index in [9.17, 15) is 9.59 Å². The van der Waals surface area contributed by atoms with Crippen LogP contribution in [0.2, 0.25) is 0 Å². The Morgan fingerprint density at radius 1 is 1.47 bits per heavy atom. The van der Waals surface area contributed by atoms with E-state index >= 15 is 0 Å². The van der Waals surface area contributed by atoms with E-state index in [1.165, 1.54) is 0 Å². The Kier molecular flexibility index (Phi) is 3.67. The number of aliphatic carboxylic acids is 1. The summed E-state index contributed by atoms with van der Waals surface area (Å²) in [5.41, 5.74) is 0. The first-order chi connectivity index (χ1) is 7.06. The Morgan fingerprint density at radius 3 is 2.60 bits per heavy atom. The van der Waals surface area contributed by atoms with Gasteiger partial charge in [-0.25, -0.2) is 0 Å². The Labute approximate surface area is 88.1 Å². The standard InChI is InChI=1S/C10H14N2O3/c1-6-4-7(8(5-6)10(14)15)9(13)12-3-2-11/h6-8H,3-5H2,1H3,(H,12,13)(H,14,15)/t6?,7-,8+/m0/s1. The van der Waals surface area contributed by atoms with Crippen LogP contribution >= 0.6 is 0 Å². The normalized spacial score (nSPS) is 29.5. The number of carboxylic acid groups (broad SMARTS) is 1. The predicted octanol–water partition coefficient (Wildman–Crippen LogP) is 0.373. The maximum atomic E-state index is 11.5. The summed E-state index contributed by atoms with van der Waals surface area (Å²) in [6.07, 6.45) is 1.13. The summed E-state index contributed by atoms with van der Waals surface area (Å²) >= 11 is 0. The van der Waals surface area contributed by atoms with Crippen LogP contribution in [0.15, 0.2) is 0 Å². The molecule has 0 heterocycles. The third-order valence-electron chi connectivity index (χ3n) is 2.79. The fourth-order valence-electron chi connectivity index (χ4n) is 2.11. The summed E-state index contributed by atoms with van der Waals surface area (Å²) in [5.74, 6) is -2.06. The molecule has 1 rings (SSSR count). The van der Waals surface area contributed by atoms with Crippen LogP contribution in [-0.4, -0.2) is 23.5 Å². The number of carbonyl (C=O) groups excluding carboxylic acids is 1. The maximum absolute atomic E-state index is 11.5. The Hall–Kier alpha value is -1.57. The van der Waals surface area contributed by atoms with Crippen molar-refractivity contribution in [3.05, 3.63) is 0 Å². The van der Waals surface area contributed by atoms with Crippen LogP contribution in [0.5, 0.6) is 0 Å². The largest absolute Gasteiger partial charge is 0.481 e. The molecular weight excluding hydrogens is 196 g/mol. The molecule has 1 aliphatic rings. The molecule has 3 atom stereocenters. The highest BCUT2D eigenvalue weighted by Crippen LogP contribution is 2.36. The molecule has 1 fully saturated rings. The van der Waals surface area contributed by atoms with Gasteiger partial charge in [0.2, 0.25) is 5.91 Å². The van der Waals surface area contributed by atoms with Crippen molar-refractivity contribution >= 4 is 11.9 Å². The SMILES string of the molecule is CC1C[C@H](C(=O)NCC#N)[C@H](C(=O)O)C1. The minimum Gasteiger partial charge on any atom is -0.481 e. The highest BCUT2D eigenvalue weighted by atomic mass is 16.4. The lowest BCUT2D eigenvalue weighted by atomic mass is 9.95. The average molecular weight is 210 g/mol. The predicted molar refractivity (Wildman–Crippen MR) is 51.6 cm³/mol. The van der Waals surface area contributed by atoms with Crippen LogP contribution in [0, 0.1) is 29.1 Å². The molecule has 0 aromatic rings. The van der Waals surface area contributed by atoms with Gasteiger partial charge in [0.25, 0.3) is 0 Å². The summed E-state index contributed by atoms with van der Waals surface area (Å²) in [4.78, 5) is 22.4. The number of nitrogens with zero attached hydrogens (tertiary/aromatic N) is 1. The lowest BCUT2D eigenvalue weighted by Gasteiger charge is -2.13. The molecule has 0 aromatic carbocycles. The van der Waals surface area contributed by atoms with E-state index in [1.807, 2.05) is 6.92 Å². The molecule has 15 heavy (non-hydrogen) atoms. The van der Waals surface area contributed by atoms with E-state index in [1.54, 1.807) is 6.07 Å². The third kappa shape index (κ3) is 2.69. The van der Waals surface area contributed by atoms with E-state index in [2.05, 4.69) is 5.32 Å². The van der Waals surface area contributed by atoms with Gasteiger partial charge in [0.05, 0.1) is 17.9 Å². The van der Waals surface area contributed by atoms with Gasteiger partial charge in [-0.2, -0.15) is 5.26 Å². The van der Waals surface area contributed by atoms with Gasteiger partial charge in [0, 0.05) is 0 Å². The fraction of sp³-hybridized carbons (Fsp3) is 0.700. The number of amides is 1. The topological polar surface area (TPSA) is 90.2 Å². The van der Waals surface area contributed by atoms with Crippen LogP contribution in [0.1, 0.15) is 19.8 Å². The number of nitriles is 1. The van der Waals surface area contributed by atoms with Gasteiger partial charge in [0.1, 0.15) is 6.54 Å². The lowest BCUT2D eigenvalue weighted by molar-refractivity contribution is -0.146. The molecule has 1 unspecified atom stereocenters. The summed E-state index contributed by atoms with van der Waals surface area (Å²) in [7, 11) is 0. The summed E-state index contributed by atoms with van der Waals surface area (Å²) in [5, 5.41) is 19.7. The first-order valence-corrected chi connectivity index (χ1v) is 4.93. The second-order valence-corrected chi connectivity index (χ2v) is 4.00. The van der Waals surface area contributed by atoms with Crippen molar-refractivity contribution in [1.82, 2.24) is 5.32 Å². The lowest BCUT2D eigenvalue weighted by Crippen LogP contribution is -2.35. The average Bonchev–Trinajstić information content (AvgIpc) is 2.57. The molecule has 5 nitrogen and oxygen atoms in total. The van der Waals surface area contributed by atoms with Crippen molar-refractivity contribution in [1.29, 1.82) is 5.26 Å². The van der Waals surface area contributed by atoms with E-state index in [4.69, 9.17) is 10.4 Å². The number of rotatable bonds is 3. The van der Waals surface area contributed by atoms with Gasteiger partial charge < -0.3 is 10.4 Å². The van der Waals surface area contributed by atoms with Crippen molar-refractivity contribution in [3.63, 3.8) is 0 Å². The van der Waals surface area contributed by atoms with Crippen molar-refractivity contribution in [3.8, 4) is 6.07 Å². The second-order valence-electron chi connectivity index (χ2n) is 4.00. The summed E-state index contributed by atoms with van der Waals surface area (Å²) in [6, 6.07) is 1.80. The van der Waals surface area contributed by atoms with Crippen LogP contribution in [0.3, 0.4) is 0 Å². The van der Waals surface area contributed by atoms with Crippen molar-refractivity contribution in [2.24, 2.45) is 17.8 Å². The number of carbonyl (C=O) groups is 2. The zero-order chi connectivity index (χ0) is 11.4. The number of hydrogen-bond acceptors (Lipinski definition) is 3. The first-order valence-electron chi connectivity index (χ1n) is 4.93. The van der Waals surface area contributed by atoms with Crippen molar-refractivity contribution in [2.75, 3.05) is 6.54 Å². The molecular formula is C10H14N2O3. The zero-order valence-corrected chi connectivity index (χ0v) is 8.56. The zero-order valence-electron chi connectivity index (χ0n) is 8.56. The minimum atomic E-state index is -0.920. The van der Waals surface area contributed by atoms with Crippen molar-refractivity contribution < 1.29 is 14.7 Å². The number of hydrogen-bond donors (Lipinski definition) is 2. The molecule has 0 aromatic heterocycles. The monoisotopic (exact) mass is 210 g/mol. The smallest absolute Gasteiger partial charge is 0.307 e. The van der Waals surface area contributed by atoms with Gasteiger partial charge in [-0.3, -0.25) is 9.59 Å². The first kappa shape index (κ1) is 11.5. The Balaban J connectivity index is 2.63. The summed E-state index contributed by atoms with van der Waals surface area (Å²) < 4.78 is 0. The molecule has 5 heteroatoms. The van der Waals surface area contributed by atoms with Gasteiger partial charge in [-0.05, 0) is 18.8 Å². The van der Waals surface area contributed by atoms with Gasteiger partial charge in [0.15, 0.2) is 0 Å². The van der Waals surface area contributed by atoms with Crippen LogP contribution in [0.4, 0.5) is 0 Å². The molecule has 0 radical (unpaired) electrons. The summed E-state index contributed by atoms with van der Waals surface area (Å²) in [6.45, 7) is 1.88. The van der Waals surface area contributed by atoms with Gasteiger partial charge in [-0.15, -0.1) is 0 Å². The molecule has 1 saturated carbocycles. The van der Waals surface area contributed by atoms with Crippen LogP contribution < -0.4 is 5.32 Å². The molecule has 2 N–H and O–H groups in total. The molecule has 82 valence electrons. The second kappa shape index (κ2) is 4.78. The highest BCUT2D eigenvalue weighted by molar-refractivity contribution is 5.85. The molecule has 1 amide bonds. The molecule has 0 aliphatic heterocycles. The molecule has 0 saturated heterocycles. The van der Waals surface area contributed by atoms with Crippen molar-refractivity contribution in [2.45, 2.75) is 19.8 Å². The maximum Gasteiger partial charge on any atom is 0.307 e. The third-order valence-corrected chi connectivity index (χ3v) is 2.79. The van der Waals surface area contributed by atoms with Gasteiger partial charge >= 0.3 is 5.97 Å². The Morgan fingerprint density at radius 2 is 2.07 bits per heavy atom. The molecule has 1 aliphatic carbocycles. The molecule has 0 bridgehead atoms. The van der Waals surface area contributed by atoms with E-state index in [0.29, 0.717) is 12.8 Å². The highest BCUT2D eigenvalue weighted by Gasteiger charge is 2.40. The van der Waals surface area contributed by atoms with E-state index in [-0.39, 0.29) is 18.4 Å². The fourth-order valence-corrected chi connectivity index (χ4v) is 2.11. The molecule has 0 spiro atoms. The van der Waals surface area contributed by atoms with Crippen LogP contribution in [0.25, 0.3) is 0 Å². The minimum absolute atomic E-state index is 0.0595. The van der Waals surface area contributed by atoms with E-state index < -0.39 is 17.8 Å². The number of carboxylic acids is 1. The Bertz CT molecular complexity index is 308. The van der Waals surface area contributed by atoms with E-state index in [0.717, 1.165) is 0 Å². The van der Waals surface area contributed by atoms with Crippen LogP contribution in [-0.2, 0) is 9.59 Å². The quantitative estimate of drug-likeness (QED) is 0.658. The number of nitrogens with one attached hydrogen (secondary N) is 1.